The van der Waals surface area contributed by atoms with Gasteiger partial charge in [0.15, 0.2) is 0 Å². The first-order chi connectivity index (χ1) is 5.95. The normalized spacial score (nSPS) is 37.8. The maximum absolute atomic E-state index is 13.0. The minimum Gasteiger partial charge on any atom is -0.363 e. The Morgan fingerprint density at radius 1 is 1.31 bits per heavy atom. The molecular weight excluding hydrogens is 174 g/mol. The van der Waals surface area contributed by atoms with Crippen LogP contribution in [-0.2, 0) is 0 Å². The summed E-state index contributed by atoms with van der Waals surface area (Å²) in [5.41, 5.74) is -0.488. The van der Waals surface area contributed by atoms with E-state index in [1.165, 1.54) is 0 Å². The van der Waals surface area contributed by atoms with Crippen LogP contribution in [0.5, 0.6) is 0 Å². The summed E-state index contributed by atoms with van der Waals surface area (Å²) in [5.74, 6) is -2.11. The van der Waals surface area contributed by atoms with Crippen LogP contribution < -0.4 is 0 Å². The largest absolute Gasteiger partial charge is 0.363 e. The second-order valence-corrected chi connectivity index (χ2v) is 4.33. The van der Waals surface area contributed by atoms with Gasteiger partial charge in [-0.25, -0.2) is 8.78 Å². The zero-order valence-corrected chi connectivity index (χ0v) is 7.74. The lowest BCUT2D eigenvalue weighted by Gasteiger charge is -2.23. The van der Waals surface area contributed by atoms with Crippen molar-refractivity contribution in [2.45, 2.75) is 31.6 Å². The van der Waals surface area contributed by atoms with Crippen LogP contribution in [0.25, 0.3) is 0 Å². The summed E-state index contributed by atoms with van der Waals surface area (Å²) < 4.78 is 26.1. The van der Waals surface area contributed by atoms with Gasteiger partial charge in [-0.1, -0.05) is 0 Å². The molecule has 0 radical (unpaired) electrons. The average Bonchev–Trinajstić information content (AvgIpc) is 2.48. The lowest BCUT2D eigenvalue weighted by molar-refractivity contribution is 0.00188. The molecule has 2 fully saturated rings. The molecule has 2 nitrogen and oxygen atoms in total. The van der Waals surface area contributed by atoms with E-state index in [2.05, 4.69) is 0 Å². The van der Waals surface area contributed by atoms with E-state index in [1.807, 2.05) is 7.05 Å². The molecule has 0 unspecified atom stereocenters. The third-order valence-electron chi connectivity index (χ3n) is 3.38. The molecule has 1 saturated heterocycles. The van der Waals surface area contributed by atoms with Crippen LogP contribution in [0.2, 0.25) is 0 Å². The van der Waals surface area contributed by atoms with Crippen LogP contribution in [0, 0.1) is 10.8 Å². The Morgan fingerprint density at radius 2 is 2.00 bits per heavy atom. The molecule has 0 aromatic heterocycles. The van der Waals surface area contributed by atoms with Gasteiger partial charge >= 0.3 is 0 Å². The molecule has 4 heteroatoms. The van der Waals surface area contributed by atoms with Crippen LogP contribution in [0.1, 0.15) is 25.7 Å². The number of rotatable bonds is 0. The zero-order chi connectivity index (χ0) is 9.69. The summed E-state index contributed by atoms with van der Waals surface area (Å²) in [7, 11) is 1.81. The molecule has 2 aliphatic rings. The fourth-order valence-electron chi connectivity index (χ4n) is 2.53. The van der Waals surface area contributed by atoms with Crippen molar-refractivity contribution in [3.05, 3.63) is 0 Å². The van der Waals surface area contributed by atoms with Gasteiger partial charge < -0.3 is 4.90 Å². The predicted molar refractivity (Wildman–Crippen MR) is 46.2 cm³/mol. The molecule has 1 heterocycles. The van der Waals surface area contributed by atoms with Crippen LogP contribution in [-0.4, -0.2) is 30.3 Å². The Kier molecular flexibility index (Phi) is 1.66. The minimum atomic E-state index is -2.53. The standard InChI is InChI=1S/C9H14F2N2/c1-13-5-4-8(7(13)12)2-3-9(10,11)6-8/h12H,2-6H2,1H3/t8-/m0/s1. The second-order valence-electron chi connectivity index (χ2n) is 4.33. The van der Waals surface area contributed by atoms with Gasteiger partial charge in [0.05, 0.1) is 0 Å². The van der Waals surface area contributed by atoms with E-state index in [9.17, 15) is 8.78 Å². The summed E-state index contributed by atoms with van der Waals surface area (Å²) in [6, 6.07) is 0. The summed E-state index contributed by atoms with van der Waals surface area (Å²) in [6.45, 7) is 0.759. The smallest absolute Gasteiger partial charge is 0.249 e. The van der Waals surface area contributed by atoms with E-state index in [4.69, 9.17) is 5.41 Å². The SMILES string of the molecule is CN1CC[C@]2(CCC(F)(F)C2)C1=N. The maximum Gasteiger partial charge on any atom is 0.249 e. The van der Waals surface area contributed by atoms with Gasteiger partial charge in [0.1, 0.15) is 5.84 Å². The highest BCUT2D eigenvalue weighted by molar-refractivity contribution is 5.87. The highest BCUT2D eigenvalue weighted by Crippen LogP contribution is 2.52. The van der Waals surface area contributed by atoms with Gasteiger partial charge in [0.2, 0.25) is 5.92 Å². The molecule has 1 aliphatic heterocycles. The topological polar surface area (TPSA) is 27.1 Å². The first kappa shape index (κ1) is 8.91. The highest BCUT2D eigenvalue weighted by atomic mass is 19.3. The molecule has 0 aromatic carbocycles. The van der Waals surface area contributed by atoms with Crippen molar-refractivity contribution in [3.8, 4) is 0 Å². The molecule has 74 valence electrons. The second kappa shape index (κ2) is 2.42. The number of halogens is 2. The third kappa shape index (κ3) is 1.23. The van der Waals surface area contributed by atoms with Gasteiger partial charge in [-0.15, -0.1) is 0 Å². The first-order valence-corrected chi connectivity index (χ1v) is 4.63. The van der Waals surface area contributed by atoms with Gasteiger partial charge in [-0.2, -0.15) is 0 Å². The van der Waals surface area contributed by atoms with Crippen molar-refractivity contribution in [2.24, 2.45) is 5.41 Å². The fourth-order valence-corrected chi connectivity index (χ4v) is 2.53. The lowest BCUT2D eigenvalue weighted by atomic mass is 9.84. The maximum atomic E-state index is 13.0. The first-order valence-electron chi connectivity index (χ1n) is 4.63. The molecule has 1 aliphatic carbocycles. The molecule has 0 bridgehead atoms. The van der Waals surface area contributed by atoms with Crippen molar-refractivity contribution < 1.29 is 8.78 Å². The molecule has 0 amide bonds. The zero-order valence-electron chi connectivity index (χ0n) is 7.74. The van der Waals surface area contributed by atoms with Gasteiger partial charge in [0, 0.05) is 31.8 Å². The van der Waals surface area contributed by atoms with E-state index in [0.29, 0.717) is 12.3 Å². The number of hydrogen-bond donors (Lipinski definition) is 1. The quantitative estimate of drug-likeness (QED) is 0.619. The molecule has 1 saturated carbocycles. The van der Waals surface area contributed by atoms with Crippen LogP contribution in [0.15, 0.2) is 0 Å². The van der Waals surface area contributed by atoms with Gasteiger partial charge in [-0.05, 0) is 12.8 Å². The van der Waals surface area contributed by atoms with Gasteiger partial charge in [0.25, 0.3) is 0 Å². The van der Waals surface area contributed by atoms with Crippen molar-refractivity contribution in [3.63, 3.8) is 0 Å². The number of nitrogens with zero attached hydrogens (tertiary/aromatic N) is 1. The van der Waals surface area contributed by atoms with Crippen molar-refractivity contribution in [1.82, 2.24) is 4.90 Å². The molecule has 1 atom stereocenters. The van der Waals surface area contributed by atoms with E-state index in [0.717, 1.165) is 13.0 Å². The van der Waals surface area contributed by atoms with Crippen LogP contribution in [0.4, 0.5) is 8.78 Å². The summed E-state index contributed by atoms with van der Waals surface area (Å²) >= 11 is 0. The summed E-state index contributed by atoms with van der Waals surface area (Å²) in [6.07, 6.45) is 1.08. The molecule has 1 N–H and O–H groups in total. The van der Waals surface area contributed by atoms with E-state index in [-0.39, 0.29) is 12.8 Å². The number of hydrogen-bond acceptors (Lipinski definition) is 1. The van der Waals surface area contributed by atoms with Crippen molar-refractivity contribution in [1.29, 1.82) is 5.41 Å². The predicted octanol–water partition coefficient (Wildman–Crippen LogP) is 2.10. The highest BCUT2D eigenvalue weighted by Gasteiger charge is 2.54. The van der Waals surface area contributed by atoms with E-state index < -0.39 is 11.3 Å². The number of nitrogens with one attached hydrogen (secondary N) is 1. The Labute approximate surface area is 76.4 Å². The molecular formula is C9H14F2N2. The Bertz CT molecular complexity index is 252. The van der Waals surface area contributed by atoms with Crippen molar-refractivity contribution in [2.75, 3.05) is 13.6 Å². The Hall–Kier alpha value is -0.670. The molecule has 0 aromatic rings. The van der Waals surface area contributed by atoms with Crippen LogP contribution in [0.3, 0.4) is 0 Å². The third-order valence-corrected chi connectivity index (χ3v) is 3.38. The van der Waals surface area contributed by atoms with E-state index >= 15 is 0 Å². The molecule has 13 heavy (non-hydrogen) atoms. The molecule has 2 rings (SSSR count). The minimum absolute atomic E-state index is 0.0385. The van der Waals surface area contributed by atoms with Crippen LogP contribution >= 0.6 is 0 Å². The molecule has 1 spiro atoms. The van der Waals surface area contributed by atoms with Gasteiger partial charge in [-0.3, -0.25) is 5.41 Å². The van der Waals surface area contributed by atoms with E-state index in [1.54, 1.807) is 4.90 Å². The Balaban J connectivity index is 2.20. The summed E-state index contributed by atoms with van der Waals surface area (Å²) in [4.78, 5) is 1.79. The Morgan fingerprint density at radius 3 is 2.38 bits per heavy atom. The fraction of sp³-hybridized carbons (Fsp3) is 0.889. The lowest BCUT2D eigenvalue weighted by Crippen LogP contribution is -2.30. The van der Waals surface area contributed by atoms with Crippen molar-refractivity contribution >= 4 is 5.84 Å². The number of alkyl halides is 2. The summed E-state index contributed by atoms with van der Waals surface area (Å²) in [5, 5.41) is 7.77. The number of likely N-dealkylation sites (tertiary alicyclic amines) is 1. The monoisotopic (exact) mass is 188 g/mol. The average molecular weight is 188 g/mol. The number of amidine groups is 1.